The Morgan fingerprint density at radius 1 is 1.53 bits per heavy atom. The molecule has 0 aliphatic heterocycles. The van der Waals surface area contributed by atoms with Gasteiger partial charge in [0.1, 0.15) is 5.15 Å². The molecule has 1 aromatic heterocycles. The summed E-state index contributed by atoms with van der Waals surface area (Å²) in [7, 11) is 1.59. The summed E-state index contributed by atoms with van der Waals surface area (Å²) in [4.78, 5) is 15.8. The number of hydrogen-bond donors (Lipinski definition) is 1. The lowest BCUT2D eigenvalue weighted by molar-refractivity contribution is -0.121. The van der Waals surface area contributed by atoms with Gasteiger partial charge in [0, 0.05) is 7.11 Å². The number of nitrogens with zero attached hydrogens (tertiary/aromatic N) is 1. The Kier molecular flexibility index (Phi) is 4.48. The van der Waals surface area contributed by atoms with Gasteiger partial charge in [-0.15, -0.1) is 0 Å². The van der Waals surface area contributed by atoms with Crippen LogP contribution in [0.15, 0.2) is 12.1 Å². The number of amides is 1. The first-order valence-electron chi connectivity index (χ1n) is 5.32. The van der Waals surface area contributed by atoms with Crippen LogP contribution in [-0.2, 0) is 9.53 Å². The van der Waals surface area contributed by atoms with Crippen molar-refractivity contribution in [1.29, 1.82) is 0 Å². The molecule has 0 unspecified atom stereocenters. The second-order valence-corrected chi connectivity index (χ2v) is 4.84. The van der Waals surface area contributed by atoms with Gasteiger partial charge in [0.05, 0.1) is 23.4 Å². The Hall–Kier alpha value is -1.13. The molecule has 1 N–H and O–H groups in total. The van der Waals surface area contributed by atoms with Gasteiger partial charge in [-0.25, -0.2) is 4.98 Å². The monoisotopic (exact) mass is 256 g/mol. The normalized spacial score (nSPS) is 11.4. The van der Waals surface area contributed by atoms with E-state index in [0.29, 0.717) is 16.5 Å². The van der Waals surface area contributed by atoms with Crippen molar-refractivity contribution in [3.05, 3.63) is 23.0 Å². The Bertz CT molecular complexity index is 419. The van der Waals surface area contributed by atoms with Crippen molar-refractivity contribution >= 4 is 23.2 Å². The number of carbonyl (C=O) groups is 1. The first-order valence-corrected chi connectivity index (χ1v) is 5.70. The molecule has 0 aliphatic carbocycles. The molecular weight excluding hydrogens is 240 g/mol. The molecule has 1 aromatic rings. The number of aromatic nitrogens is 1. The number of ether oxygens (including phenoxy) is 1. The van der Waals surface area contributed by atoms with Gasteiger partial charge in [-0.2, -0.15) is 0 Å². The van der Waals surface area contributed by atoms with Crippen molar-refractivity contribution in [2.45, 2.75) is 32.8 Å². The lowest BCUT2D eigenvalue weighted by Gasteiger charge is -2.22. The van der Waals surface area contributed by atoms with Gasteiger partial charge in [0.15, 0.2) is 0 Å². The average molecular weight is 257 g/mol. The van der Waals surface area contributed by atoms with Gasteiger partial charge < -0.3 is 10.1 Å². The number of nitrogens with one attached hydrogen (secondary N) is 1. The van der Waals surface area contributed by atoms with Crippen molar-refractivity contribution in [1.82, 2.24) is 4.98 Å². The topological polar surface area (TPSA) is 51.2 Å². The number of hydrogen-bond acceptors (Lipinski definition) is 3. The average Bonchev–Trinajstić information content (AvgIpc) is 2.21. The van der Waals surface area contributed by atoms with Crippen molar-refractivity contribution < 1.29 is 9.53 Å². The van der Waals surface area contributed by atoms with Crippen LogP contribution in [-0.4, -0.2) is 23.6 Å². The van der Waals surface area contributed by atoms with E-state index in [0.717, 1.165) is 0 Å². The van der Waals surface area contributed by atoms with Gasteiger partial charge in [0.2, 0.25) is 5.91 Å². The highest BCUT2D eigenvalue weighted by molar-refractivity contribution is 6.29. The van der Waals surface area contributed by atoms with Crippen LogP contribution in [0.3, 0.4) is 0 Å². The van der Waals surface area contributed by atoms with Crippen LogP contribution < -0.4 is 5.32 Å². The molecule has 5 heteroatoms. The zero-order chi connectivity index (χ0) is 13.1. The molecule has 0 aliphatic rings. The van der Waals surface area contributed by atoms with Crippen LogP contribution in [0.25, 0.3) is 0 Å². The van der Waals surface area contributed by atoms with Crippen LogP contribution in [0.4, 0.5) is 5.69 Å². The van der Waals surface area contributed by atoms with Gasteiger partial charge in [0.25, 0.3) is 0 Å². The highest BCUT2D eigenvalue weighted by atomic mass is 35.5. The van der Waals surface area contributed by atoms with Crippen LogP contribution in [0.2, 0.25) is 5.15 Å². The van der Waals surface area contributed by atoms with E-state index in [4.69, 9.17) is 16.3 Å². The van der Waals surface area contributed by atoms with E-state index in [1.807, 2.05) is 13.8 Å². The molecule has 0 saturated heterocycles. The molecule has 0 fully saturated rings. The Morgan fingerprint density at radius 3 is 2.71 bits per heavy atom. The summed E-state index contributed by atoms with van der Waals surface area (Å²) in [6.45, 7) is 5.52. The zero-order valence-corrected chi connectivity index (χ0v) is 11.3. The number of halogens is 1. The molecule has 0 radical (unpaired) electrons. The zero-order valence-electron chi connectivity index (χ0n) is 10.5. The fourth-order valence-corrected chi connectivity index (χ4v) is 1.51. The summed E-state index contributed by atoms with van der Waals surface area (Å²) < 4.78 is 5.20. The summed E-state index contributed by atoms with van der Waals surface area (Å²) in [5.41, 5.74) is 0.894. The third-order valence-corrected chi connectivity index (χ3v) is 2.68. The molecule has 0 bridgehead atoms. The lowest BCUT2D eigenvalue weighted by Crippen LogP contribution is -2.29. The number of pyridine rings is 1. The second-order valence-electron chi connectivity index (χ2n) is 4.46. The molecule has 0 spiro atoms. The number of aryl methyl sites for hydroxylation is 1. The van der Waals surface area contributed by atoms with Crippen molar-refractivity contribution in [2.24, 2.45) is 0 Å². The van der Waals surface area contributed by atoms with Gasteiger partial charge in [-0.3, -0.25) is 4.79 Å². The summed E-state index contributed by atoms with van der Waals surface area (Å²) in [5, 5.41) is 3.20. The largest absolute Gasteiger partial charge is 0.378 e. The minimum Gasteiger partial charge on any atom is -0.378 e. The van der Waals surface area contributed by atoms with Crippen LogP contribution in [0.5, 0.6) is 0 Å². The highest BCUT2D eigenvalue weighted by Gasteiger charge is 2.21. The summed E-state index contributed by atoms with van der Waals surface area (Å²) in [5.74, 6) is -0.107. The molecule has 1 heterocycles. The van der Waals surface area contributed by atoms with Crippen molar-refractivity contribution in [2.75, 3.05) is 12.4 Å². The molecule has 1 amide bonds. The quantitative estimate of drug-likeness (QED) is 0.843. The molecule has 1 rings (SSSR count). The van der Waals surface area contributed by atoms with Gasteiger partial charge in [-0.05, 0) is 32.9 Å². The van der Waals surface area contributed by atoms with E-state index in [9.17, 15) is 4.79 Å². The van der Waals surface area contributed by atoms with Crippen LogP contribution >= 0.6 is 11.6 Å². The van der Waals surface area contributed by atoms with E-state index in [-0.39, 0.29) is 12.3 Å². The first-order chi connectivity index (χ1) is 7.84. The van der Waals surface area contributed by atoms with Crippen molar-refractivity contribution in [3.8, 4) is 0 Å². The van der Waals surface area contributed by atoms with Crippen LogP contribution in [0, 0.1) is 6.92 Å². The molecule has 0 saturated carbocycles. The molecule has 0 atom stereocenters. The Labute approximate surface area is 106 Å². The predicted octanol–water partition coefficient (Wildman–Crippen LogP) is 2.80. The molecule has 0 aromatic carbocycles. The standard InChI is InChI=1S/C12H17ClN2O2/c1-8-9(5-6-10(13)14-8)15-11(16)7-12(2,3)17-4/h5-6H,7H2,1-4H3,(H,15,16). The summed E-state index contributed by atoms with van der Waals surface area (Å²) in [6.07, 6.45) is 0.283. The molecule has 4 nitrogen and oxygen atoms in total. The molecule has 94 valence electrons. The first kappa shape index (κ1) is 13.9. The maximum absolute atomic E-state index is 11.8. The van der Waals surface area contributed by atoms with Gasteiger partial charge in [-0.1, -0.05) is 11.6 Å². The SMILES string of the molecule is COC(C)(C)CC(=O)Nc1ccc(Cl)nc1C. The molecular formula is C12H17ClN2O2. The van der Waals surface area contributed by atoms with E-state index in [1.165, 1.54) is 0 Å². The number of carbonyl (C=O) groups excluding carboxylic acids is 1. The predicted molar refractivity (Wildman–Crippen MR) is 68.3 cm³/mol. The lowest BCUT2D eigenvalue weighted by atomic mass is 10.0. The van der Waals surface area contributed by atoms with Crippen molar-refractivity contribution in [3.63, 3.8) is 0 Å². The Balaban J connectivity index is 2.69. The van der Waals surface area contributed by atoms with Crippen LogP contribution in [0.1, 0.15) is 26.0 Å². The summed E-state index contributed by atoms with van der Waals surface area (Å²) in [6, 6.07) is 3.38. The van der Waals surface area contributed by atoms with Gasteiger partial charge >= 0.3 is 0 Å². The number of methoxy groups -OCH3 is 1. The van der Waals surface area contributed by atoms with E-state index < -0.39 is 5.60 Å². The highest BCUT2D eigenvalue weighted by Crippen LogP contribution is 2.18. The van der Waals surface area contributed by atoms with E-state index in [1.54, 1.807) is 26.2 Å². The Morgan fingerprint density at radius 2 is 2.18 bits per heavy atom. The maximum Gasteiger partial charge on any atom is 0.227 e. The van der Waals surface area contributed by atoms with E-state index in [2.05, 4.69) is 10.3 Å². The summed E-state index contributed by atoms with van der Waals surface area (Å²) >= 11 is 5.74. The minimum absolute atomic E-state index is 0.107. The minimum atomic E-state index is -0.474. The number of rotatable bonds is 4. The third-order valence-electron chi connectivity index (χ3n) is 2.46. The fraction of sp³-hybridized carbons (Fsp3) is 0.500. The second kappa shape index (κ2) is 5.47. The van der Waals surface area contributed by atoms with E-state index >= 15 is 0 Å². The molecule has 17 heavy (non-hydrogen) atoms. The third kappa shape index (κ3) is 4.32. The maximum atomic E-state index is 11.8. The number of anilines is 1. The smallest absolute Gasteiger partial charge is 0.227 e. The fourth-order valence-electron chi connectivity index (χ4n) is 1.32.